The molecule has 1 heterocycles. The van der Waals surface area contributed by atoms with E-state index in [-0.39, 0.29) is 11.9 Å². The summed E-state index contributed by atoms with van der Waals surface area (Å²) in [4.78, 5) is 14.7. The summed E-state index contributed by atoms with van der Waals surface area (Å²) in [5.74, 6) is 0.354. The van der Waals surface area contributed by atoms with Crippen molar-refractivity contribution in [1.29, 1.82) is 0 Å². The van der Waals surface area contributed by atoms with Crippen LogP contribution in [0.15, 0.2) is 18.2 Å². The Morgan fingerprint density at radius 1 is 1.41 bits per heavy atom. The molecule has 2 rings (SSSR count). The van der Waals surface area contributed by atoms with Gasteiger partial charge in [0.05, 0.1) is 5.02 Å². The maximum absolute atomic E-state index is 12.4. The van der Waals surface area contributed by atoms with Crippen molar-refractivity contribution in [2.45, 2.75) is 38.3 Å². The second-order valence-corrected chi connectivity index (χ2v) is 6.52. The monoisotopic (exact) mass is 344 g/mol. The Bertz CT molecular complexity index is 517. The third-order valence-electron chi connectivity index (χ3n) is 3.89. The molecule has 1 aliphatic rings. The lowest BCUT2D eigenvalue weighted by atomic mass is 10.1. The number of ether oxygens (including phenoxy) is 1. The Balaban J connectivity index is 1.95. The van der Waals surface area contributed by atoms with Crippen LogP contribution in [0.5, 0.6) is 5.75 Å². The Morgan fingerprint density at radius 3 is 2.73 bits per heavy atom. The number of likely N-dealkylation sites (tertiary alicyclic amines) is 1. The van der Waals surface area contributed by atoms with Gasteiger partial charge in [-0.2, -0.15) is 0 Å². The Morgan fingerprint density at radius 2 is 2.09 bits per heavy atom. The van der Waals surface area contributed by atoms with Crippen molar-refractivity contribution >= 4 is 29.1 Å². The van der Waals surface area contributed by atoms with Crippen molar-refractivity contribution in [3.63, 3.8) is 0 Å². The van der Waals surface area contributed by atoms with Crippen LogP contribution in [0.4, 0.5) is 0 Å². The van der Waals surface area contributed by atoms with Crippen LogP contribution in [0.1, 0.15) is 26.2 Å². The average Bonchev–Trinajstić information content (AvgIpc) is 2.50. The first-order valence-corrected chi connectivity index (χ1v) is 8.35. The lowest BCUT2D eigenvalue weighted by molar-refractivity contribution is -0.129. The second-order valence-electron chi connectivity index (χ2n) is 5.68. The van der Waals surface area contributed by atoms with Crippen LogP contribution < -0.4 is 10.1 Å². The van der Waals surface area contributed by atoms with Crippen LogP contribution >= 0.6 is 23.2 Å². The van der Waals surface area contributed by atoms with Crippen LogP contribution in [0.25, 0.3) is 0 Å². The first kappa shape index (κ1) is 17.4. The summed E-state index contributed by atoms with van der Waals surface area (Å²) in [6.45, 7) is 3.92. The van der Waals surface area contributed by atoms with Crippen molar-refractivity contribution in [2.24, 2.45) is 0 Å². The molecule has 1 N–H and O–H groups in total. The van der Waals surface area contributed by atoms with E-state index in [0.29, 0.717) is 22.2 Å². The summed E-state index contributed by atoms with van der Waals surface area (Å²) in [5, 5.41) is 4.06. The molecule has 0 saturated carbocycles. The van der Waals surface area contributed by atoms with Gasteiger partial charge in [-0.1, -0.05) is 30.1 Å². The number of nitrogens with one attached hydrogen (secondary N) is 1. The summed E-state index contributed by atoms with van der Waals surface area (Å²) in [7, 11) is 2.09. The molecule has 0 spiro atoms. The zero-order valence-electron chi connectivity index (χ0n) is 12.9. The molecule has 1 aromatic rings. The zero-order chi connectivity index (χ0) is 16.1. The molecular weight excluding hydrogens is 323 g/mol. The fourth-order valence-corrected chi connectivity index (χ4v) is 2.81. The van der Waals surface area contributed by atoms with Crippen molar-refractivity contribution < 1.29 is 9.53 Å². The molecule has 1 amide bonds. The molecule has 22 heavy (non-hydrogen) atoms. The van der Waals surface area contributed by atoms with E-state index < -0.39 is 6.10 Å². The lowest BCUT2D eigenvalue weighted by Crippen LogP contribution is -2.47. The molecule has 1 fully saturated rings. The molecule has 1 aromatic carbocycles. The fraction of sp³-hybridized carbons (Fsp3) is 0.562. The SMILES string of the molecule is CC[C@H](Oc1cc(Cl)ccc1Cl)C(=O)NC1CCN(C)CC1. The summed E-state index contributed by atoms with van der Waals surface area (Å²) in [6, 6.07) is 5.21. The van der Waals surface area contributed by atoms with E-state index in [1.165, 1.54) is 0 Å². The molecule has 1 saturated heterocycles. The zero-order valence-corrected chi connectivity index (χ0v) is 14.5. The van der Waals surface area contributed by atoms with Gasteiger partial charge in [0.1, 0.15) is 5.75 Å². The van der Waals surface area contributed by atoms with Gasteiger partial charge in [-0.25, -0.2) is 0 Å². The number of piperidine rings is 1. The molecule has 6 heteroatoms. The number of nitrogens with zero attached hydrogens (tertiary/aromatic N) is 1. The summed E-state index contributed by atoms with van der Waals surface area (Å²) in [6.07, 6.45) is 1.95. The lowest BCUT2D eigenvalue weighted by Gasteiger charge is -2.30. The molecule has 0 radical (unpaired) electrons. The predicted molar refractivity (Wildman–Crippen MR) is 89.8 cm³/mol. The topological polar surface area (TPSA) is 41.6 Å². The van der Waals surface area contributed by atoms with Crippen molar-refractivity contribution in [3.05, 3.63) is 28.2 Å². The van der Waals surface area contributed by atoms with Gasteiger partial charge in [-0.15, -0.1) is 0 Å². The highest BCUT2D eigenvalue weighted by Gasteiger charge is 2.24. The van der Waals surface area contributed by atoms with E-state index in [1.54, 1.807) is 18.2 Å². The van der Waals surface area contributed by atoms with Crippen molar-refractivity contribution in [3.8, 4) is 5.75 Å². The first-order valence-electron chi connectivity index (χ1n) is 7.60. The molecule has 0 bridgehead atoms. The first-order chi connectivity index (χ1) is 10.5. The maximum atomic E-state index is 12.4. The van der Waals surface area contributed by atoms with Gasteiger partial charge in [0.25, 0.3) is 5.91 Å². The molecule has 0 aliphatic carbocycles. The Hall–Kier alpha value is -0.970. The van der Waals surface area contributed by atoms with Crippen LogP contribution in [-0.4, -0.2) is 43.1 Å². The third kappa shape index (κ3) is 4.77. The number of rotatable bonds is 5. The largest absolute Gasteiger partial charge is 0.479 e. The number of carbonyl (C=O) groups is 1. The highest BCUT2D eigenvalue weighted by molar-refractivity contribution is 6.34. The van der Waals surface area contributed by atoms with Crippen molar-refractivity contribution in [2.75, 3.05) is 20.1 Å². The quantitative estimate of drug-likeness (QED) is 0.890. The summed E-state index contributed by atoms with van der Waals surface area (Å²) >= 11 is 12.0. The van der Waals surface area contributed by atoms with Gasteiger partial charge in [-0.05, 0) is 51.5 Å². The number of hydrogen-bond donors (Lipinski definition) is 1. The van der Waals surface area contributed by atoms with Crippen molar-refractivity contribution in [1.82, 2.24) is 10.2 Å². The highest BCUT2D eigenvalue weighted by Crippen LogP contribution is 2.29. The minimum Gasteiger partial charge on any atom is -0.479 e. The summed E-state index contributed by atoms with van der Waals surface area (Å²) in [5.41, 5.74) is 0. The molecular formula is C16H22Cl2N2O2. The van der Waals surface area contributed by atoms with E-state index >= 15 is 0 Å². The van der Waals surface area contributed by atoms with E-state index in [9.17, 15) is 4.79 Å². The van der Waals surface area contributed by atoms with Gasteiger partial charge in [0.15, 0.2) is 6.10 Å². The number of hydrogen-bond acceptors (Lipinski definition) is 3. The van der Waals surface area contributed by atoms with Gasteiger partial charge >= 0.3 is 0 Å². The molecule has 1 atom stereocenters. The van der Waals surface area contributed by atoms with Crippen LogP contribution in [-0.2, 0) is 4.79 Å². The molecule has 1 aliphatic heterocycles. The minimum absolute atomic E-state index is 0.0897. The maximum Gasteiger partial charge on any atom is 0.261 e. The fourth-order valence-electron chi connectivity index (χ4n) is 2.49. The average molecular weight is 345 g/mol. The number of halogens is 2. The third-order valence-corrected chi connectivity index (χ3v) is 4.44. The number of amides is 1. The summed E-state index contributed by atoms with van der Waals surface area (Å²) < 4.78 is 5.76. The Labute approximate surface area is 141 Å². The molecule has 122 valence electrons. The van der Waals surface area contributed by atoms with Gasteiger partial charge < -0.3 is 15.0 Å². The van der Waals surface area contributed by atoms with Crippen LogP contribution in [0, 0.1) is 0 Å². The molecule has 0 unspecified atom stereocenters. The predicted octanol–water partition coefficient (Wildman–Crippen LogP) is 3.36. The van der Waals surface area contributed by atoms with Gasteiger partial charge in [-0.3, -0.25) is 4.79 Å². The van der Waals surface area contributed by atoms with E-state index in [2.05, 4.69) is 17.3 Å². The van der Waals surface area contributed by atoms with E-state index in [4.69, 9.17) is 27.9 Å². The molecule has 0 aromatic heterocycles. The van der Waals surface area contributed by atoms with E-state index in [0.717, 1.165) is 25.9 Å². The van der Waals surface area contributed by atoms with E-state index in [1.807, 2.05) is 6.92 Å². The number of carbonyl (C=O) groups excluding carboxylic acids is 1. The minimum atomic E-state index is -0.560. The molecule has 4 nitrogen and oxygen atoms in total. The highest BCUT2D eigenvalue weighted by atomic mass is 35.5. The van der Waals surface area contributed by atoms with Crippen LogP contribution in [0.2, 0.25) is 10.0 Å². The van der Waals surface area contributed by atoms with Crippen LogP contribution in [0.3, 0.4) is 0 Å². The normalized spacial score (nSPS) is 18.0. The second kappa shape index (κ2) is 8.04. The standard InChI is InChI=1S/C16H22Cl2N2O2/c1-3-14(22-15-10-11(17)4-5-13(15)18)16(21)19-12-6-8-20(2)9-7-12/h4-5,10,12,14H,3,6-9H2,1-2H3,(H,19,21)/t14-/m0/s1. The van der Waals surface area contributed by atoms with Gasteiger partial charge in [0, 0.05) is 17.1 Å². The number of benzene rings is 1. The van der Waals surface area contributed by atoms with Gasteiger partial charge in [0.2, 0.25) is 0 Å². The Kier molecular flexibility index (Phi) is 6.36. The smallest absolute Gasteiger partial charge is 0.261 e.